The summed E-state index contributed by atoms with van der Waals surface area (Å²) in [4.78, 5) is 12.3. The molecule has 2 aliphatic carbocycles. The van der Waals surface area contributed by atoms with Crippen molar-refractivity contribution in [3.8, 4) is 0 Å². The molecule has 0 aromatic heterocycles. The number of rotatable bonds is 5. The van der Waals surface area contributed by atoms with E-state index in [4.69, 9.17) is 5.73 Å². The highest BCUT2D eigenvalue weighted by molar-refractivity contribution is 5.88. The number of nitrogens with two attached hydrogens (primary N) is 1. The standard InChI is InChI=1S/C15H27NO/c1-4-15(2,3)14(17)13(16)9-12-8-10-5-6-11(12)7-10/h10-13H,4-9,16H2,1-3H3. The maximum absolute atomic E-state index is 12.3. The fourth-order valence-electron chi connectivity index (χ4n) is 3.77. The quantitative estimate of drug-likeness (QED) is 0.798. The molecule has 2 bridgehead atoms. The van der Waals surface area contributed by atoms with Gasteiger partial charge in [0.1, 0.15) is 0 Å². The monoisotopic (exact) mass is 237 g/mol. The van der Waals surface area contributed by atoms with Gasteiger partial charge < -0.3 is 5.73 Å². The van der Waals surface area contributed by atoms with Gasteiger partial charge in [-0.3, -0.25) is 4.79 Å². The second-order valence-corrected chi connectivity index (χ2v) is 6.88. The van der Waals surface area contributed by atoms with Crippen LogP contribution in [0.25, 0.3) is 0 Å². The van der Waals surface area contributed by atoms with E-state index >= 15 is 0 Å². The molecule has 0 aromatic rings. The minimum atomic E-state index is -0.239. The molecule has 0 heterocycles. The second kappa shape index (κ2) is 4.72. The van der Waals surface area contributed by atoms with Crippen molar-refractivity contribution in [3.63, 3.8) is 0 Å². The summed E-state index contributed by atoms with van der Waals surface area (Å²) in [6.07, 6.45) is 7.36. The number of hydrogen-bond acceptors (Lipinski definition) is 2. The van der Waals surface area contributed by atoms with Crippen molar-refractivity contribution in [1.82, 2.24) is 0 Å². The van der Waals surface area contributed by atoms with Crippen molar-refractivity contribution in [3.05, 3.63) is 0 Å². The SMILES string of the molecule is CCC(C)(C)C(=O)C(N)CC1CC2CCC1C2. The Morgan fingerprint density at radius 1 is 1.35 bits per heavy atom. The Labute approximate surface area is 105 Å². The van der Waals surface area contributed by atoms with E-state index in [1.807, 2.05) is 13.8 Å². The normalized spacial score (nSPS) is 34.0. The lowest BCUT2D eigenvalue weighted by molar-refractivity contribution is -0.129. The molecule has 0 spiro atoms. The smallest absolute Gasteiger partial charge is 0.155 e. The molecule has 17 heavy (non-hydrogen) atoms. The molecule has 0 saturated heterocycles. The molecule has 2 fully saturated rings. The zero-order chi connectivity index (χ0) is 12.6. The molecule has 2 N–H and O–H groups in total. The first-order valence-electron chi connectivity index (χ1n) is 7.24. The van der Waals surface area contributed by atoms with Crippen molar-refractivity contribution < 1.29 is 4.79 Å². The molecule has 2 nitrogen and oxygen atoms in total. The van der Waals surface area contributed by atoms with Gasteiger partial charge in [-0.05, 0) is 49.9 Å². The topological polar surface area (TPSA) is 43.1 Å². The summed E-state index contributed by atoms with van der Waals surface area (Å²) in [5.41, 5.74) is 5.90. The Bertz CT molecular complexity index is 297. The maximum Gasteiger partial charge on any atom is 0.155 e. The highest BCUT2D eigenvalue weighted by Gasteiger charge is 2.41. The van der Waals surface area contributed by atoms with E-state index in [0.29, 0.717) is 0 Å². The van der Waals surface area contributed by atoms with Crippen molar-refractivity contribution in [1.29, 1.82) is 0 Å². The third-order valence-corrected chi connectivity index (χ3v) is 5.33. The summed E-state index contributed by atoms with van der Waals surface area (Å²) in [7, 11) is 0. The van der Waals surface area contributed by atoms with Crippen LogP contribution < -0.4 is 5.73 Å². The number of hydrogen-bond donors (Lipinski definition) is 1. The number of fused-ring (bicyclic) bond motifs is 2. The van der Waals surface area contributed by atoms with Crippen LogP contribution in [0, 0.1) is 23.2 Å². The first-order chi connectivity index (χ1) is 7.94. The van der Waals surface area contributed by atoms with E-state index in [-0.39, 0.29) is 17.2 Å². The summed E-state index contributed by atoms with van der Waals surface area (Å²) < 4.78 is 0. The van der Waals surface area contributed by atoms with Crippen LogP contribution in [0.4, 0.5) is 0 Å². The third-order valence-electron chi connectivity index (χ3n) is 5.33. The zero-order valence-corrected chi connectivity index (χ0v) is 11.5. The van der Waals surface area contributed by atoms with Crippen LogP contribution in [-0.4, -0.2) is 11.8 Å². The van der Waals surface area contributed by atoms with Crippen LogP contribution in [0.15, 0.2) is 0 Å². The lowest BCUT2D eigenvalue weighted by Gasteiger charge is -2.29. The zero-order valence-electron chi connectivity index (χ0n) is 11.5. The summed E-state index contributed by atoms with van der Waals surface area (Å²) in [5.74, 6) is 2.83. The van der Waals surface area contributed by atoms with Crippen molar-refractivity contribution in [2.45, 2.75) is 65.3 Å². The molecule has 2 rings (SSSR count). The molecule has 2 aliphatic rings. The van der Waals surface area contributed by atoms with Gasteiger partial charge >= 0.3 is 0 Å². The van der Waals surface area contributed by atoms with Crippen LogP contribution in [0.2, 0.25) is 0 Å². The van der Waals surface area contributed by atoms with E-state index in [0.717, 1.165) is 30.6 Å². The molecular weight excluding hydrogens is 210 g/mol. The largest absolute Gasteiger partial charge is 0.321 e. The molecular formula is C15H27NO. The summed E-state index contributed by atoms with van der Waals surface area (Å²) >= 11 is 0. The van der Waals surface area contributed by atoms with E-state index in [1.54, 1.807) is 0 Å². The van der Waals surface area contributed by atoms with E-state index in [1.165, 1.54) is 25.7 Å². The average Bonchev–Trinajstić information content (AvgIpc) is 2.89. The fraction of sp³-hybridized carbons (Fsp3) is 0.933. The van der Waals surface area contributed by atoms with Crippen LogP contribution >= 0.6 is 0 Å². The van der Waals surface area contributed by atoms with Crippen LogP contribution in [0.5, 0.6) is 0 Å². The summed E-state index contributed by atoms with van der Waals surface area (Å²) in [6, 6.07) is -0.228. The van der Waals surface area contributed by atoms with E-state index < -0.39 is 0 Å². The predicted molar refractivity (Wildman–Crippen MR) is 70.6 cm³/mol. The van der Waals surface area contributed by atoms with Crippen LogP contribution in [-0.2, 0) is 4.79 Å². The molecule has 2 saturated carbocycles. The van der Waals surface area contributed by atoms with Gasteiger partial charge in [0, 0.05) is 5.41 Å². The van der Waals surface area contributed by atoms with Gasteiger partial charge in [0.15, 0.2) is 5.78 Å². The van der Waals surface area contributed by atoms with Gasteiger partial charge in [-0.25, -0.2) is 0 Å². The number of carbonyl (C=O) groups excluding carboxylic acids is 1. The highest BCUT2D eigenvalue weighted by Crippen LogP contribution is 2.50. The molecule has 0 aliphatic heterocycles. The molecule has 0 amide bonds. The maximum atomic E-state index is 12.3. The van der Waals surface area contributed by atoms with Gasteiger partial charge in [-0.2, -0.15) is 0 Å². The Hall–Kier alpha value is -0.370. The Kier molecular flexibility index (Phi) is 3.63. The molecule has 0 aromatic carbocycles. The minimum Gasteiger partial charge on any atom is -0.321 e. The van der Waals surface area contributed by atoms with Gasteiger partial charge in [0.25, 0.3) is 0 Å². The summed E-state index contributed by atoms with van der Waals surface area (Å²) in [5, 5.41) is 0. The number of carbonyl (C=O) groups is 1. The lowest BCUT2D eigenvalue weighted by Crippen LogP contribution is -2.41. The van der Waals surface area contributed by atoms with E-state index in [9.17, 15) is 4.79 Å². The first kappa shape index (κ1) is 13.1. The van der Waals surface area contributed by atoms with Crippen LogP contribution in [0.3, 0.4) is 0 Å². The third kappa shape index (κ3) is 2.57. The van der Waals surface area contributed by atoms with Gasteiger partial charge in [-0.1, -0.05) is 27.2 Å². The van der Waals surface area contributed by atoms with Crippen molar-refractivity contribution >= 4 is 5.78 Å². The lowest BCUT2D eigenvalue weighted by atomic mass is 9.77. The highest BCUT2D eigenvalue weighted by atomic mass is 16.1. The Balaban J connectivity index is 1.89. The van der Waals surface area contributed by atoms with Crippen molar-refractivity contribution in [2.75, 3.05) is 0 Å². The van der Waals surface area contributed by atoms with E-state index in [2.05, 4.69) is 6.92 Å². The Morgan fingerprint density at radius 2 is 2.06 bits per heavy atom. The van der Waals surface area contributed by atoms with Gasteiger partial charge in [0.2, 0.25) is 0 Å². The first-order valence-corrected chi connectivity index (χ1v) is 7.24. The predicted octanol–water partition coefficient (Wildman–Crippen LogP) is 3.15. The molecule has 98 valence electrons. The van der Waals surface area contributed by atoms with Gasteiger partial charge in [0.05, 0.1) is 6.04 Å². The average molecular weight is 237 g/mol. The molecule has 4 atom stereocenters. The summed E-state index contributed by atoms with van der Waals surface area (Å²) in [6.45, 7) is 6.12. The van der Waals surface area contributed by atoms with Gasteiger partial charge in [-0.15, -0.1) is 0 Å². The Morgan fingerprint density at radius 3 is 2.53 bits per heavy atom. The number of ketones is 1. The minimum absolute atomic E-state index is 0.228. The van der Waals surface area contributed by atoms with Crippen LogP contribution in [0.1, 0.15) is 59.3 Å². The molecule has 4 unspecified atom stereocenters. The number of Topliss-reactive ketones (excluding diaryl/α,β-unsaturated/α-hetero) is 1. The van der Waals surface area contributed by atoms with Crippen molar-refractivity contribution in [2.24, 2.45) is 28.9 Å². The molecule has 2 heteroatoms. The molecule has 0 radical (unpaired) electrons. The fourth-order valence-corrected chi connectivity index (χ4v) is 3.77. The second-order valence-electron chi connectivity index (χ2n) is 6.88.